The molecule has 0 radical (unpaired) electrons. The van der Waals surface area contributed by atoms with Crippen LogP contribution in [0.1, 0.15) is 18.1 Å². The standard InChI is InChI=1S/C15H20N4OS/c1-3-19-11-17-18-15(19)21-10-14(20)16-9-8-13-7-5-4-6-12(13)2/h4-7,11H,3,8-10H2,1-2H3,(H,16,20). The minimum atomic E-state index is 0.0271. The van der Waals surface area contributed by atoms with Gasteiger partial charge in [-0.2, -0.15) is 0 Å². The number of nitrogens with zero attached hydrogens (tertiary/aromatic N) is 3. The van der Waals surface area contributed by atoms with Crippen molar-refractivity contribution in [3.63, 3.8) is 0 Å². The Morgan fingerprint density at radius 2 is 2.19 bits per heavy atom. The van der Waals surface area contributed by atoms with Crippen molar-refractivity contribution in [1.29, 1.82) is 0 Å². The molecule has 0 atom stereocenters. The van der Waals surface area contributed by atoms with Crippen molar-refractivity contribution >= 4 is 17.7 Å². The van der Waals surface area contributed by atoms with Crippen molar-refractivity contribution in [2.45, 2.75) is 32.0 Å². The van der Waals surface area contributed by atoms with Crippen LogP contribution < -0.4 is 5.32 Å². The smallest absolute Gasteiger partial charge is 0.230 e. The molecule has 0 bridgehead atoms. The number of carbonyl (C=O) groups excluding carboxylic acids is 1. The molecular weight excluding hydrogens is 284 g/mol. The summed E-state index contributed by atoms with van der Waals surface area (Å²) in [6.45, 7) is 5.58. The van der Waals surface area contributed by atoms with Crippen LogP contribution >= 0.6 is 11.8 Å². The van der Waals surface area contributed by atoms with Gasteiger partial charge in [-0.05, 0) is 31.4 Å². The molecule has 0 saturated carbocycles. The van der Waals surface area contributed by atoms with Crippen LogP contribution in [0.2, 0.25) is 0 Å². The van der Waals surface area contributed by atoms with Crippen molar-refractivity contribution in [1.82, 2.24) is 20.1 Å². The lowest BCUT2D eigenvalue weighted by atomic mass is 10.1. The lowest BCUT2D eigenvalue weighted by Crippen LogP contribution is -2.27. The summed E-state index contributed by atoms with van der Waals surface area (Å²) in [4.78, 5) is 11.8. The Balaban J connectivity index is 1.72. The molecule has 0 aliphatic carbocycles. The molecule has 1 N–H and O–H groups in total. The van der Waals surface area contributed by atoms with Crippen LogP contribution in [-0.2, 0) is 17.8 Å². The van der Waals surface area contributed by atoms with Crippen LogP contribution in [0.3, 0.4) is 0 Å². The molecule has 0 unspecified atom stereocenters. The van der Waals surface area contributed by atoms with Gasteiger partial charge in [0.15, 0.2) is 5.16 Å². The van der Waals surface area contributed by atoms with E-state index in [0.717, 1.165) is 18.1 Å². The first kappa shape index (κ1) is 15.6. The van der Waals surface area contributed by atoms with Crippen LogP contribution in [0, 0.1) is 6.92 Å². The van der Waals surface area contributed by atoms with E-state index in [9.17, 15) is 4.79 Å². The zero-order chi connectivity index (χ0) is 15.1. The maximum absolute atomic E-state index is 11.8. The number of thioether (sulfide) groups is 1. The zero-order valence-corrected chi connectivity index (χ0v) is 13.2. The van der Waals surface area contributed by atoms with Gasteiger partial charge in [0, 0.05) is 13.1 Å². The number of aromatic nitrogens is 3. The fraction of sp³-hybridized carbons (Fsp3) is 0.400. The van der Waals surface area contributed by atoms with Crippen molar-refractivity contribution in [3.8, 4) is 0 Å². The van der Waals surface area contributed by atoms with Crippen molar-refractivity contribution in [2.75, 3.05) is 12.3 Å². The predicted octanol–water partition coefficient (Wildman–Crippen LogP) is 2.06. The van der Waals surface area contributed by atoms with E-state index in [1.807, 2.05) is 23.6 Å². The fourth-order valence-electron chi connectivity index (χ4n) is 1.98. The van der Waals surface area contributed by atoms with Crippen LogP contribution in [0.4, 0.5) is 0 Å². The van der Waals surface area contributed by atoms with E-state index in [0.29, 0.717) is 12.3 Å². The van der Waals surface area contributed by atoms with E-state index >= 15 is 0 Å². The first-order chi connectivity index (χ1) is 10.2. The molecule has 2 rings (SSSR count). The van der Waals surface area contributed by atoms with Gasteiger partial charge in [-0.25, -0.2) is 0 Å². The topological polar surface area (TPSA) is 59.8 Å². The summed E-state index contributed by atoms with van der Waals surface area (Å²) in [5, 5.41) is 11.6. The summed E-state index contributed by atoms with van der Waals surface area (Å²) < 4.78 is 1.92. The Morgan fingerprint density at radius 1 is 1.38 bits per heavy atom. The van der Waals surface area contributed by atoms with Gasteiger partial charge in [0.25, 0.3) is 0 Å². The summed E-state index contributed by atoms with van der Waals surface area (Å²) in [6.07, 6.45) is 2.53. The number of aryl methyl sites for hydroxylation is 2. The number of nitrogens with one attached hydrogen (secondary N) is 1. The molecule has 0 aliphatic rings. The van der Waals surface area contributed by atoms with Crippen molar-refractivity contribution in [2.24, 2.45) is 0 Å². The van der Waals surface area contributed by atoms with E-state index < -0.39 is 0 Å². The number of benzene rings is 1. The Labute approximate surface area is 129 Å². The number of carbonyl (C=O) groups is 1. The summed E-state index contributed by atoms with van der Waals surface area (Å²) in [6, 6.07) is 8.24. The highest BCUT2D eigenvalue weighted by atomic mass is 32.2. The SMILES string of the molecule is CCn1cnnc1SCC(=O)NCCc1ccccc1C. The zero-order valence-electron chi connectivity index (χ0n) is 12.4. The van der Waals surface area contributed by atoms with Crippen molar-refractivity contribution < 1.29 is 4.79 Å². The molecule has 112 valence electrons. The number of hydrogen-bond donors (Lipinski definition) is 1. The summed E-state index contributed by atoms with van der Waals surface area (Å²) in [5.41, 5.74) is 2.54. The Kier molecular flexibility index (Phi) is 5.80. The van der Waals surface area contributed by atoms with Crippen LogP contribution in [-0.4, -0.2) is 33.0 Å². The Bertz CT molecular complexity index is 597. The summed E-state index contributed by atoms with van der Waals surface area (Å²) in [7, 11) is 0. The highest BCUT2D eigenvalue weighted by molar-refractivity contribution is 7.99. The monoisotopic (exact) mass is 304 g/mol. The van der Waals surface area contributed by atoms with Gasteiger partial charge in [0.2, 0.25) is 5.91 Å². The number of hydrogen-bond acceptors (Lipinski definition) is 4. The molecule has 2 aromatic rings. The lowest BCUT2D eigenvalue weighted by Gasteiger charge is -2.07. The maximum atomic E-state index is 11.8. The van der Waals surface area contributed by atoms with Gasteiger partial charge in [-0.15, -0.1) is 10.2 Å². The van der Waals surface area contributed by atoms with Crippen LogP contribution in [0.15, 0.2) is 35.7 Å². The minimum Gasteiger partial charge on any atom is -0.355 e. The molecule has 1 heterocycles. The average molecular weight is 304 g/mol. The molecule has 1 aromatic heterocycles. The van der Waals surface area contributed by atoms with Gasteiger partial charge in [-0.1, -0.05) is 36.0 Å². The van der Waals surface area contributed by atoms with Crippen molar-refractivity contribution in [3.05, 3.63) is 41.7 Å². The third kappa shape index (κ3) is 4.60. The van der Waals surface area contributed by atoms with E-state index in [2.05, 4.69) is 34.6 Å². The highest BCUT2D eigenvalue weighted by Crippen LogP contribution is 2.13. The van der Waals surface area contributed by atoms with Crippen LogP contribution in [0.25, 0.3) is 0 Å². The van der Waals surface area contributed by atoms with Gasteiger partial charge >= 0.3 is 0 Å². The largest absolute Gasteiger partial charge is 0.355 e. The molecule has 1 aromatic carbocycles. The second-order valence-electron chi connectivity index (χ2n) is 4.71. The Morgan fingerprint density at radius 3 is 2.95 bits per heavy atom. The number of rotatable bonds is 7. The Hall–Kier alpha value is -1.82. The van der Waals surface area contributed by atoms with Gasteiger partial charge in [-0.3, -0.25) is 4.79 Å². The van der Waals surface area contributed by atoms with Crippen LogP contribution in [0.5, 0.6) is 0 Å². The second kappa shape index (κ2) is 7.83. The molecule has 0 saturated heterocycles. The third-order valence-electron chi connectivity index (χ3n) is 3.23. The molecular formula is C15H20N4OS. The third-order valence-corrected chi connectivity index (χ3v) is 4.21. The van der Waals surface area contributed by atoms with Gasteiger partial charge < -0.3 is 9.88 Å². The molecule has 5 nitrogen and oxygen atoms in total. The average Bonchev–Trinajstić information content (AvgIpc) is 2.94. The first-order valence-electron chi connectivity index (χ1n) is 7.02. The lowest BCUT2D eigenvalue weighted by molar-refractivity contribution is -0.118. The van der Waals surface area contributed by atoms with E-state index in [4.69, 9.17) is 0 Å². The molecule has 1 amide bonds. The normalized spacial score (nSPS) is 10.6. The molecule has 0 fully saturated rings. The van der Waals surface area contributed by atoms with E-state index in [-0.39, 0.29) is 5.91 Å². The first-order valence-corrected chi connectivity index (χ1v) is 8.01. The maximum Gasteiger partial charge on any atom is 0.230 e. The summed E-state index contributed by atoms with van der Waals surface area (Å²) in [5.74, 6) is 0.395. The summed E-state index contributed by atoms with van der Waals surface area (Å²) >= 11 is 1.41. The fourth-order valence-corrected chi connectivity index (χ4v) is 2.79. The predicted molar refractivity (Wildman–Crippen MR) is 84.3 cm³/mol. The molecule has 21 heavy (non-hydrogen) atoms. The van der Waals surface area contributed by atoms with Gasteiger partial charge in [0.1, 0.15) is 6.33 Å². The number of amides is 1. The van der Waals surface area contributed by atoms with E-state index in [1.54, 1.807) is 6.33 Å². The van der Waals surface area contributed by atoms with E-state index in [1.165, 1.54) is 22.9 Å². The highest BCUT2D eigenvalue weighted by Gasteiger charge is 2.07. The minimum absolute atomic E-state index is 0.0271. The molecule has 0 spiro atoms. The molecule has 0 aliphatic heterocycles. The second-order valence-corrected chi connectivity index (χ2v) is 5.66. The van der Waals surface area contributed by atoms with Gasteiger partial charge in [0.05, 0.1) is 5.75 Å². The molecule has 6 heteroatoms. The quantitative estimate of drug-likeness (QED) is 0.795.